The van der Waals surface area contributed by atoms with Crippen LogP contribution in [-0.4, -0.2) is 64.6 Å². The van der Waals surface area contributed by atoms with Crippen LogP contribution in [0, 0.1) is 0 Å². The van der Waals surface area contributed by atoms with Gasteiger partial charge >= 0.3 is 0 Å². The number of carbonyl (C=O) groups excluding carboxylic acids is 2. The molecule has 1 fully saturated rings. The van der Waals surface area contributed by atoms with Crippen LogP contribution in [-0.2, 0) is 21.2 Å². The summed E-state index contributed by atoms with van der Waals surface area (Å²) >= 11 is 7.28. The van der Waals surface area contributed by atoms with Gasteiger partial charge in [-0.3, -0.25) is 14.2 Å². The Labute approximate surface area is 225 Å². The van der Waals surface area contributed by atoms with E-state index in [0.29, 0.717) is 47.6 Å². The van der Waals surface area contributed by atoms with E-state index in [1.807, 2.05) is 16.7 Å². The zero-order chi connectivity index (χ0) is 26.4. The first kappa shape index (κ1) is 27.3. The molecule has 196 valence electrons. The number of nitrogens with one attached hydrogen (secondary N) is 1. The van der Waals surface area contributed by atoms with Gasteiger partial charge in [-0.15, -0.1) is 10.2 Å². The normalized spacial score (nSPS) is 14.4. The van der Waals surface area contributed by atoms with Gasteiger partial charge in [-0.05, 0) is 49.2 Å². The van der Waals surface area contributed by atoms with Crippen molar-refractivity contribution >= 4 is 45.1 Å². The number of sulfonamides is 1. The highest BCUT2D eigenvalue weighted by atomic mass is 35.5. The molecule has 1 aromatic heterocycles. The molecule has 0 atom stereocenters. The van der Waals surface area contributed by atoms with E-state index in [4.69, 9.17) is 11.6 Å². The second-order valence-electron chi connectivity index (χ2n) is 8.64. The van der Waals surface area contributed by atoms with E-state index in [1.165, 1.54) is 35.1 Å². The molecule has 0 radical (unpaired) electrons. The Bertz CT molecular complexity index is 1350. The lowest BCUT2D eigenvalue weighted by Gasteiger charge is -2.25. The van der Waals surface area contributed by atoms with Gasteiger partial charge in [0.15, 0.2) is 10.9 Å². The van der Waals surface area contributed by atoms with Crippen LogP contribution in [0.5, 0.6) is 0 Å². The molecule has 0 saturated carbocycles. The summed E-state index contributed by atoms with van der Waals surface area (Å²) in [5.41, 5.74) is 1.21. The minimum Gasteiger partial charge on any atom is -0.356 e. The molecule has 37 heavy (non-hydrogen) atoms. The van der Waals surface area contributed by atoms with Gasteiger partial charge in [0.05, 0.1) is 10.6 Å². The Balaban J connectivity index is 1.47. The van der Waals surface area contributed by atoms with Crippen molar-refractivity contribution in [1.29, 1.82) is 0 Å². The lowest BCUT2D eigenvalue weighted by Crippen LogP contribution is -2.35. The lowest BCUT2D eigenvalue weighted by molar-refractivity contribution is -0.118. The van der Waals surface area contributed by atoms with Crippen LogP contribution in [0.2, 0.25) is 5.02 Å². The number of piperidine rings is 1. The average Bonchev–Trinajstić information content (AvgIpc) is 3.30. The number of benzene rings is 2. The van der Waals surface area contributed by atoms with E-state index in [2.05, 4.69) is 15.5 Å². The quantitative estimate of drug-likeness (QED) is 0.296. The van der Waals surface area contributed by atoms with Crippen molar-refractivity contribution in [3.63, 3.8) is 0 Å². The van der Waals surface area contributed by atoms with Gasteiger partial charge in [0.1, 0.15) is 5.82 Å². The van der Waals surface area contributed by atoms with Crippen LogP contribution < -0.4 is 5.32 Å². The fourth-order valence-corrected chi connectivity index (χ4v) is 6.54. The fraction of sp³-hybridized carbons (Fsp3) is 0.360. The Morgan fingerprint density at radius 3 is 2.32 bits per heavy atom. The SMILES string of the molecule is CC(=O)NCCc1nnc(SCC(=O)c2ccc(S(=O)(=O)N3CCCCC3)cc2)n1-c1ccc(Cl)cc1. The van der Waals surface area contributed by atoms with Crippen LogP contribution in [0.3, 0.4) is 0 Å². The number of aromatic nitrogens is 3. The Morgan fingerprint density at radius 2 is 1.68 bits per heavy atom. The second kappa shape index (κ2) is 12.2. The van der Waals surface area contributed by atoms with Gasteiger partial charge in [0, 0.05) is 49.3 Å². The van der Waals surface area contributed by atoms with Gasteiger partial charge < -0.3 is 5.32 Å². The Kier molecular flexibility index (Phi) is 9.01. The largest absolute Gasteiger partial charge is 0.356 e. The zero-order valence-electron chi connectivity index (χ0n) is 20.4. The molecule has 4 rings (SSSR count). The first-order valence-electron chi connectivity index (χ1n) is 12.0. The van der Waals surface area contributed by atoms with Crippen molar-refractivity contribution in [2.45, 2.75) is 42.7 Å². The number of amides is 1. The number of rotatable bonds is 10. The summed E-state index contributed by atoms with van der Waals surface area (Å²) in [6.07, 6.45) is 3.22. The number of thioether (sulfide) groups is 1. The van der Waals surface area contributed by atoms with Crippen LogP contribution in [0.1, 0.15) is 42.4 Å². The zero-order valence-corrected chi connectivity index (χ0v) is 22.8. The lowest BCUT2D eigenvalue weighted by atomic mass is 10.1. The summed E-state index contributed by atoms with van der Waals surface area (Å²) in [6, 6.07) is 13.3. The minimum absolute atomic E-state index is 0.0929. The molecule has 2 aromatic carbocycles. The van der Waals surface area contributed by atoms with Crippen molar-refractivity contribution < 1.29 is 18.0 Å². The molecule has 12 heteroatoms. The highest BCUT2D eigenvalue weighted by molar-refractivity contribution is 7.99. The average molecular weight is 562 g/mol. The monoisotopic (exact) mass is 561 g/mol. The van der Waals surface area contributed by atoms with E-state index < -0.39 is 10.0 Å². The number of hydrogen-bond acceptors (Lipinski definition) is 7. The van der Waals surface area contributed by atoms with Crippen LogP contribution in [0.4, 0.5) is 0 Å². The third kappa shape index (κ3) is 6.78. The highest BCUT2D eigenvalue weighted by Crippen LogP contribution is 2.25. The molecule has 1 aliphatic rings. The maximum absolute atomic E-state index is 12.9. The molecule has 1 N–H and O–H groups in total. The van der Waals surface area contributed by atoms with Crippen molar-refractivity contribution in [3.05, 3.63) is 64.9 Å². The van der Waals surface area contributed by atoms with Crippen LogP contribution in [0.15, 0.2) is 58.6 Å². The summed E-state index contributed by atoms with van der Waals surface area (Å²) in [7, 11) is -3.55. The summed E-state index contributed by atoms with van der Waals surface area (Å²) in [6.45, 7) is 2.91. The molecule has 0 aliphatic carbocycles. The molecule has 0 bridgehead atoms. The van der Waals surface area contributed by atoms with Gasteiger partial charge in [-0.2, -0.15) is 4.31 Å². The van der Waals surface area contributed by atoms with Gasteiger partial charge in [-0.1, -0.05) is 41.9 Å². The third-order valence-electron chi connectivity index (χ3n) is 5.97. The van der Waals surface area contributed by atoms with E-state index in [9.17, 15) is 18.0 Å². The number of carbonyl (C=O) groups is 2. The summed E-state index contributed by atoms with van der Waals surface area (Å²) in [5.74, 6) is 0.443. The number of nitrogens with zero attached hydrogens (tertiary/aromatic N) is 4. The molecule has 0 spiro atoms. The number of Topliss-reactive ketones (excluding diaryl/α,β-unsaturated/α-hetero) is 1. The standard InChI is InChI=1S/C25H28ClN5O4S2/c1-18(32)27-14-13-24-28-29-25(31(24)21-9-7-20(26)8-10-21)36-17-23(33)19-5-11-22(12-6-19)37(34,35)30-15-3-2-4-16-30/h5-12H,2-4,13-17H2,1H3,(H,27,32). The Morgan fingerprint density at radius 1 is 1.00 bits per heavy atom. The first-order chi connectivity index (χ1) is 17.8. The maximum atomic E-state index is 12.9. The highest BCUT2D eigenvalue weighted by Gasteiger charge is 2.26. The minimum atomic E-state index is -3.55. The summed E-state index contributed by atoms with van der Waals surface area (Å²) in [5, 5.41) is 12.4. The number of hydrogen-bond donors (Lipinski definition) is 1. The van der Waals surface area contributed by atoms with Crippen LogP contribution >= 0.6 is 23.4 Å². The Hall–Kier alpha value is -2.73. The molecular weight excluding hydrogens is 534 g/mol. The van der Waals surface area contributed by atoms with Crippen molar-refractivity contribution in [1.82, 2.24) is 24.4 Å². The van der Waals surface area contributed by atoms with Gasteiger partial charge in [0.25, 0.3) is 0 Å². The molecule has 1 aliphatic heterocycles. The number of ketones is 1. The van der Waals surface area contributed by atoms with E-state index >= 15 is 0 Å². The molecule has 1 saturated heterocycles. The summed E-state index contributed by atoms with van der Waals surface area (Å²) in [4.78, 5) is 24.4. The van der Waals surface area contributed by atoms with Crippen molar-refractivity contribution in [3.8, 4) is 5.69 Å². The molecule has 3 aromatic rings. The smallest absolute Gasteiger partial charge is 0.243 e. The third-order valence-corrected chi connectivity index (χ3v) is 9.06. The molecule has 9 nitrogen and oxygen atoms in total. The predicted molar refractivity (Wildman–Crippen MR) is 143 cm³/mol. The second-order valence-corrected chi connectivity index (χ2v) is 12.0. The molecule has 2 heterocycles. The summed E-state index contributed by atoms with van der Waals surface area (Å²) < 4.78 is 29.1. The van der Waals surface area contributed by atoms with E-state index in [-0.39, 0.29) is 22.3 Å². The van der Waals surface area contributed by atoms with E-state index in [1.54, 1.807) is 24.3 Å². The maximum Gasteiger partial charge on any atom is 0.243 e. The molecule has 0 unspecified atom stereocenters. The fourth-order valence-electron chi connectivity index (χ4n) is 4.04. The molecule has 1 amide bonds. The van der Waals surface area contributed by atoms with Crippen LogP contribution in [0.25, 0.3) is 5.69 Å². The van der Waals surface area contributed by atoms with Gasteiger partial charge in [0.2, 0.25) is 15.9 Å². The van der Waals surface area contributed by atoms with E-state index in [0.717, 1.165) is 24.9 Å². The topological polar surface area (TPSA) is 114 Å². The number of halogens is 1. The molecular formula is C25H28ClN5O4S2. The van der Waals surface area contributed by atoms with Crippen molar-refractivity contribution in [2.24, 2.45) is 0 Å². The first-order valence-corrected chi connectivity index (χ1v) is 14.8. The van der Waals surface area contributed by atoms with Gasteiger partial charge in [-0.25, -0.2) is 8.42 Å². The van der Waals surface area contributed by atoms with Crippen molar-refractivity contribution in [2.75, 3.05) is 25.4 Å². The predicted octanol–water partition coefficient (Wildman–Crippen LogP) is 3.75.